The van der Waals surface area contributed by atoms with Crippen molar-refractivity contribution < 1.29 is 34.8 Å². The Hall–Kier alpha value is -2.06. The molecular formula is C19H18O7. The first-order valence-corrected chi connectivity index (χ1v) is 8.65. The average molecular weight is 358 g/mol. The van der Waals surface area contributed by atoms with Crippen LogP contribution in [-0.2, 0) is 9.53 Å². The second kappa shape index (κ2) is 4.80. The summed E-state index contributed by atoms with van der Waals surface area (Å²) in [6.45, 7) is 1.71. The number of hydrogen-bond acceptors (Lipinski definition) is 7. The van der Waals surface area contributed by atoms with Gasteiger partial charge in [-0.05, 0) is 17.6 Å². The molecule has 1 aromatic rings. The molecule has 1 aromatic carbocycles. The molecule has 0 amide bonds. The zero-order valence-electron chi connectivity index (χ0n) is 13.9. The number of aliphatic hydroxyl groups is 3. The van der Waals surface area contributed by atoms with Crippen molar-refractivity contribution in [2.24, 2.45) is 11.8 Å². The maximum absolute atomic E-state index is 13.2. The second-order valence-corrected chi connectivity index (χ2v) is 7.72. The molecule has 3 aliphatic carbocycles. The lowest BCUT2D eigenvalue weighted by atomic mass is 9.58. The maximum Gasteiger partial charge on any atom is 0.174 e. The number of carbonyl (C=O) groups is 2. The molecule has 0 saturated carbocycles. The van der Waals surface area contributed by atoms with E-state index in [4.69, 9.17) is 4.74 Å². The molecule has 0 spiro atoms. The van der Waals surface area contributed by atoms with Crippen LogP contribution < -0.4 is 0 Å². The third kappa shape index (κ3) is 1.58. The number of ether oxygens (including phenoxy) is 1. The predicted molar refractivity (Wildman–Crippen MR) is 86.3 cm³/mol. The number of phenols is 1. The minimum absolute atomic E-state index is 0.0558. The molecular weight excluding hydrogens is 340 g/mol. The number of aliphatic hydroxyl groups excluding tert-OH is 2. The molecule has 4 aliphatic rings. The third-order valence-corrected chi connectivity index (χ3v) is 6.37. The van der Waals surface area contributed by atoms with Gasteiger partial charge in [0.15, 0.2) is 11.6 Å². The third-order valence-electron chi connectivity index (χ3n) is 6.37. The highest BCUT2D eigenvalue weighted by molar-refractivity contribution is 6.12. The van der Waals surface area contributed by atoms with Gasteiger partial charge in [-0.15, -0.1) is 0 Å². The molecule has 0 radical (unpaired) electrons. The highest BCUT2D eigenvalue weighted by Gasteiger charge is 2.71. The van der Waals surface area contributed by atoms with Gasteiger partial charge in [-0.3, -0.25) is 9.59 Å². The zero-order chi connectivity index (χ0) is 18.5. The Bertz CT molecular complexity index is 903. The normalized spacial score (nSPS) is 43.4. The molecule has 5 rings (SSSR count). The Morgan fingerprint density at radius 1 is 1.23 bits per heavy atom. The lowest BCUT2D eigenvalue weighted by Crippen LogP contribution is -2.62. The molecule has 7 heteroatoms. The van der Waals surface area contributed by atoms with Crippen LogP contribution in [0.15, 0.2) is 29.3 Å². The number of Topliss-reactive ketones (excluding diaryl/α,β-unsaturated/α-hetero) is 2. The zero-order valence-corrected chi connectivity index (χ0v) is 13.9. The van der Waals surface area contributed by atoms with Crippen molar-refractivity contribution in [3.8, 4) is 5.75 Å². The summed E-state index contributed by atoms with van der Waals surface area (Å²) >= 11 is 0. The first-order chi connectivity index (χ1) is 12.3. The quantitative estimate of drug-likeness (QED) is 0.515. The summed E-state index contributed by atoms with van der Waals surface area (Å²) in [4.78, 5) is 26.0. The Labute approximate surface area is 148 Å². The van der Waals surface area contributed by atoms with Crippen LogP contribution >= 0.6 is 0 Å². The van der Waals surface area contributed by atoms with E-state index in [0.717, 1.165) is 0 Å². The standard InChI is InChI=1S/C19H18O7/c1-6-5-9(21)11-12(14(6)22)16-17(24)19(25)13(11)15(23)7-3-2-4-8(20)10(7)18(19)26-16/h2-4,6,13-14,16-18,20,22,24-25H,5H2,1H3/t6-,13-,14+,16-,17-,18+,19-/m1/s1. The van der Waals surface area contributed by atoms with Gasteiger partial charge in [-0.2, -0.15) is 0 Å². The van der Waals surface area contributed by atoms with Gasteiger partial charge < -0.3 is 25.2 Å². The van der Waals surface area contributed by atoms with Crippen molar-refractivity contribution in [2.45, 2.75) is 43.4 Å². The number of fused-ring (bicyclic) bond motifs is 5. The van der Waals surface area contributed by atoms with Crippen LogP contribution in [0.3, 0.4) is 0 Å². The highest BCUT2D eigenvalue weighted by atomic mass is 16.6. The SMILES string of the molecule is C[C@@H]1CC(=O)C2=C([C@H]1O)[C@H]1O[C@H]3c4c(O)cccc4C(=O)[C@@H]2[C@@]3(O)[C@@H]1O. The summed E-state index contributed by atoms with van der Waals surface area (Å²) in [6.07, 6.45) is -4.74. The van der Waals surface area contributed by atoms with Crippen molar-refractivity contribution in [3.63, 3.8) is 0 Å². The summed E-state index contributed by atoms with van der Waals surface area (Å²) in [6, 6.07) is 4.39. The first-order valence-electron chi connectivity index (χ1n) is 8.65. The van der Waals surface area contributed by atoms with Gasteiger partial charge >= 0.3 is 0 Å². The number of carbonyl (C=O) groups excluding carboxylic acids is 2. The van der Waals surface area contributed by atoms with E-state index in [9.17, 15) is 30.0 Å². The molecule has 136 valence electrons. The summed E-state index contributed by atoms with van der Waals surface area (Å²) < 4.78 is 5.88. The minimum Gasteiger partial charge on any atom is -0.508 e. The van der Waals surface area contributed by atoms with E-state index in [1.54, 1.807) is 6.92 Å². The Kier molecular flexibility index (Phi) is 2.98. The monoisotopic (exact) mass is 358 g/mol. The fourth-order valence-corrected chi connectivity index (χ4v) is 5.15. The summed E-state index contributed by atoms with van der Waals surface area (Å²) in [7, 11) is 0. The number of rotatable bonds is 0. The Morgan fingerprint density at radius 3 is 2.69 bits per heavy atom. The van der Waals surface area contributed by atoms with Crippen LogP contribution in [0.4, 0.5) is 0 Å². The molecule has 1 heterocycles. The molecule has 7 nitrogen and oxygen atoms in total. The van der Waals surface area contributed by atoms with E-state index in [1.165, 1.54) is 18.2 Å². The fraction of sp³-hybridized carbons (Fsp3) is 0.474. The largest absolute Gasteiger partial charge is 0.508 e. The Morgan fingerprint density at radius 2 is 1.96 bits per heavy atom. The Balaban J connectivity index is 1.83. The molecule has 1 fully saturated rings. The lowest BCUT2D eigenvalue weighted by molar-refractivity contribution is -0.127. The number of aromatic hydroxyl groups is 1. The van der Waals surface area contributed by atoms with Crippen LogP contribution in [0.1, 0.15) is 35.4 Å². The van der Waals surface area contributed by atoms with Crippen molar-refractivity contribution in [3.05, 3.63) is 40.5 Å². The smallest absolute Gasteiger partial charge is 0.174 e. The molecule has 1 saturated heterocycles. The summed E-state index contributed by atoms with van der Waals surface area (Å²) in [5.74, 6) is -2.79. The maximum atomic E-state index is 13.2. The van der Waals surface area contributed by atoms with Gasteiger partial charge in [0.25, 0.3) is 0 Å². The lowest BCUT2D eigenvalue weighted by Gasteiger charge is -2.47. The number of hydrogen-bond donors (Lipinski definition) is 4. The minimum atomic E-state index is -2.05. The van der Waals surface area contributed by atoms with Crippen molar-refractivity contribution >= 4 is 11.6 Å². The van der Waals surface area contributed by atoms with Crippen LogP contribution in [0.2, 0.25) is 0 Å². The number of benzene rings is 1. The van der Waals surface area contributed by atoms with Gasteiger partial charge in [0.1, 0.15) is 29.7 Å². The molecule has 26 heavy (non-hydrogen) atoms. The van der Waals surface area contributed by atoms with E-state index in [1.807, 2.05) is 0 Å². The van der Waals surface area contributed by atoms with Crippen LogP contribution in [0.25, 0.3) is 0 Å². The van der Waals surface area contributed by atoms with Crippen molar-refractivity contribution in [1.82, 2.24) is 0 Å². The van der Waals surface area contributed by atoms with Crippen LogP contribution in [0, 0.1) is 11.8 Å². The predicted octanol–water partition coefficient (Wildman–Crippen LogP) is 0.0166. The van der Waals surface area contributed by atoms with Gasteiger partial charge in [0, 0.05) is 23.1 Å². The van der Waals surface area contributed by atoms with E-state index in [0.29, 0.717) is 0 Å². The fourth-order valence-electron chi connectivity index (χ4n) is 5.15. The van der Waals surface area contributed by atoms with E-state index < -0.39 is 41.7 Å². The summed E-state index contributed by atoms with van der Waals surface area (Å²) in [5.41, 5.74) is -1.52. The van der Waals surface area contributed by atoms with E-state index >= 15 is 0 Å². The van der Waals surface area contributed by atoms with Gasteiger partial charge in [0.05, 0.1) is 12.0 Å². The highest BCUT2D eigenvalue weighted by Crippen LogP contribution is 2.61. The van der Waals surface area contributed by atoms with Crippen LogP contribution in [0.5, 0.6) is 5.75 Å². The number of ketones is 2. The first kappa shape index (κ1) is 16.1. The van der Waals surface area contributed by atoms with Gasteiger partial charge in [-0.25, -0.2) is 0 Å². The van der Waals surface area contributed by atoms with Gasteiger partial charge in [-0.1, -0.05) is 19.1 Å². The van der Waals surface area contributed by atoms with Crippen molar-refractivity contribution in [2.75, 3.05) is 0 Å². The van der Waals surface area contributed by atoms with E-state index in [-0.39, 0.29) is 46.1 Å². The number of phenolic OH excluding ortho intramolecular Hbond substituents is 1. The molecule has 0 aromatic heterocycles. The molecule has 7 atom stereocenters. The summed E-state index contributed by atoms with van der Waals surface area (Å²) in [5, 5.41) is 43.0. The van der Waals surface area contributed by atoms with Gasteiger partial charge in [0.2, 0.25) is 0 Å². The second-order valence-electron chi connectivity index (χ2n) is 7.72. The molecule has 4 N–H and O–H groups in total. The van der Waals surface area contributed by atoms with Crippen molar-refractivity contribution in [1.29, 1.82) is 0 Å². The average Bonchev–Trinajstić information content (AvgIpc) is 2.79. The molecule has 1 aliphatic heterocycles. The van der Waals surface area contributed by atoms with E-state index in [2.05, 4.69) is 0 Å². The topological polar surface area (TPSA) is 124 Å². The molecule has 2 bridgehead atoms. The van der Waals surface area contributed by atoms with Crippen LogP contribution in [-0.4, -0.2) is 55.9 Å². The molecule has 0 unspecified atom stereocenters.